The minimum atomic E-state index is 0. The standard InChI is InChI=1S/C6H9NO.CH4/c1-4-5(2)7-8-6(4)3;/h1-3H3;1H4. The van der Waals surface area contributed by atoms with E-state index in [1.54, 1.807) is 0 Å². The summed E-state index contributed by atoms with van der Waals surface area (Å²) in [5.41, 5.74) is 2.15. The van der Waals surface area contributed by atoms with Crippen molar-refractivity contribution in [3.8, 4) is 0 Å². The van der Waals surface area contributed by atoms with Crippen molar-refractivity contribution in [3.63, 3.8) is 0 Å². The number of aromatic nitrogens is 1. The van der Waals surface area contributed by atoms with Gasteiger partial charge in [0, 0.05) is 5.56 Å². The van der Waals surface area contributed by atoms with Crippen molar-refractivity contribution in [1.29, 1.82) is 0 Å². The first kappa shape index (κ1) is 8.21. The Hall–Kier alpha value is -0.790. The molecule has 1 heterocycles. The van der Waals surface area contributed by atoms with Crippen molar-refractivity contribution in [1.82, 2.24) is 5.16 Å². The van der Waals surface area contributed by atoms with E-state index >= 15 is 0 Å². The maximum Gasteiger partial charge on any atom is 0.136 e. The SMILES string of the molecule is C.Cc1noc(C)c1C. The molecule has 1 aromatic rings. The molecule has 0 saturated carbocycles. The summed E-state index contributed by atoms with van der Waals surface area (Å²) >= 11 is 0. The Bertz CT molecular complexity index is 171. The summed E-state index contributed by atoms with van der Waals surface area (Å²) in [6, 6.07) is 0. The number of aryl methyl sites for hydroxylation is 2. The van der Waals surface area contributed by atoms with Crippen LogP contribution in [0.15, 0.2) is 4.52 Å². The molecule has 0 aliphatic carbocycles. The first-order valence-corrected chi connectivity index (χ1v) is 2.61. The molecule has 0 aliphatic heterocycles. The molecule has 1 rings (SSSR count). The summed E-state index contributed by atoms with van der Waals surface area (Å²) in [5, 5.41) is 3.74. The van der Waals surface area contributed by atoms with Gasteiger partial charge in [0.25, 0.3) is 0 Å². The molecule has 0 unspecified atom stereocenters. The number of rotatable bonds is 0. The number of hydrogen-bond acceptors (Lipinski definition) is 2. The molecule has 0 spiro atoms. The topological polar surface area (TPSA) is 26.0 Å². The summed E-state index contributed by atoms with van der Waals surface area (Å²) in [5.74, 6) is 0.919. The summed E-state index contributed by atoms with van der Waals surface area (Å²) in [6.45, 7) is 5.85. The molecule has 0 aromatic carbocycles. The van der Waals surface area contributed by atoms with Crippen LogP contribution in [0.25, 0.3) is 0 Å². The van der Waals surface area contributed by atoms with Crippen LogP contribution in [0.5, 0.6) is 0 Å². The third-order valence-electron chi connectivity index (χ3n) is 1.39. The van der Waals surface area contributed by atoms with Gasteiger partial charge in [-0.15, -0.1) is 0 Å². The molecule has 0 bridgehead atoms. The van der Waals surface area contributed by atoms with Crippen LogP contribution in [0.1, 0.15) is 24.4 Å². The molecule has 52 valence electrons. The second kappa shape index (κ2) is 2.67. The number of hydrogen-bond donors (Lipinski definition) is 0. The summed E-state index contributed by atoms with van der Waals surface area (Å²) < 4.78 is 4.84. The average Bonchev–Trinajstić information content (AvgIpc) is 1.98. The first-order valence-electron chi connectivity index (χ1n) is 2.61. The Kier molecular flexibility index (Phi) is 2.43. The van der Waals surface area contributed by atoms with Crippen molar-refractivity contribution >= 4 is 0 Å². The lowest BCUT2D eigenvalue weighted by Gasteiger charge is -1.80. The van der Waals surface area contributed by atoms with Gasteiger partial charge in [0.15, 0.2) is 0 Å². The third-order valence-corrected chi connectivity index (χ3v) is 1.39. The van der Waals surface area contributed by atoms with Gasteiger partial charge in [0.05, 0.1) is 5.69 Å². The Morgan fingerprint density at radius 2 is 1.78 bits per heavy atom. The Balaban J connectivity index is 0.000000640. The molecule has 2 heteroatoms. The molecule has 2 nitrogen and oxygen atoms in total. The molecule has 0 radical (unpaired) electrons. The lowest BCUT2D eigenvalue weighted by molar-refractivity contribution is 0.392. The number of nitrogens with zero attached hydrogens (tertiary/aromatic N) is 1. The van der Waals surface area contributed by atoms with Crippen LogP contribution < -0.4 is 0 Å². The normalized spacial score (nSPS) is 8.78. The second-order valence-electron chi connectivity index (χ2n) is 1.95. The fourth-order valence-corrected chi connectivity index (χ4v) is 0.529. The van der Waals surface area contributed by atoms with E-state index in [1.807, 2.05) is 20.8 Å². The zero-order valence-electron chi connectivity index (χ0n) is 5.36. The smallest absolute Gasteiger partial charge is 0.136 e. The van der Waals surface area contributed by atoms with Gasteiger partial charge < -0.3 is 4.52 Å². The predicted octanol–water partition coefficient (Wildman–Crippen LogP) is 2.24. The molecule has 0 aliphatic rings. The zero-order valence-corrected chi connectivity index (χ0v) is 5.36. The average molecular weight is 127 g/mol. The van der Waals surface area contributed by atoms with Crippen LogP contribution in [0, 0.1) is 20.8 Å². The van der Waals surface area contributed by atoms with E-state index < -0.39 is 0 Å². The lowest BCUT2D eigenvalue weighted by Crippen LogP contribution is -1.73. The van der Waals surface area contributed by atoms with Gasteiger partial charge in [-0.2, -0.15) is 0 Å². The maximum atomic E-state index is 4.84. The van der Waals surface area contributed by atoms with E-state index in [-0.39, 0.29) is 7.43 Å². The first-order chi connectivity index (χ1) is 3.72. The molecule has 0 atom stereocenters. The van der Waals surface area contributed by atoms with E-state index in [0.717, 1.165) is 17.0 Å². The molecular weight excluding hydrogens is 114 g/mol. The second-order valence-corrected chi connectivity index (χ2v) is 1.95. The lowest BCUT2D eigenvalue weighted by atomic mass is 10.2. The minimum Gasteiger partial charge on any atom is -0.361 e. The van der Waals surface area contributed by atoms with Crippen LogP contribution in [0.2, 0.25) is 0 Å². The molecule has 9 heavy (non-hydrogen) atoms. The highest BCUT2D eigenvalue weighted by molar-refractivity contribution is 5.17. The molecule has 0 fully saturated rings. The van der Waals surface area contributed by atoms with Gasteiger partial charge in [-0.05, 0) is 20.8 Å². The largest absolute Gasteiger partial charge is 0.361 e. The van der Waals surface area contributed by atoms with Crippen LogP contribution in [0.3, 0.4) is 0 Å². The fraction of sp³-hybridized carbons (Fsp3) is 0.571. The van der Waals surface area contributed by atoms with E-state index in [0.29, 0.717) is 0 Å². The Labute approximate surface area is 55.9 Å². The van der Waals surface area contributed by atoms with E-state index in [2.05, 4.69) is 5.16 Å². The van der Waals surface area contributed by atoms with Gasteiger partial charge >= 0.3 is 0 Å². The highest BCUT2D eigenvalue weighted by atomic mass is 16.5. The Morgan fingerprint density at radius 3 is 1.89 bits per heavy atom. The zero-order chi connectivity index (χ0) is 6.15. The van der Waals surface area contributed by atoms with Crippen molar-refractivity contribution in [2.75, 3.05) is 0 Å². The van der Waals surface area contributed by atoms with Gasteiger partial charge in [-0.25, -0.2) is 0 Å². The van der Waals surface area contributed by atoms with Crippen molar-refractivity contribution in [2.24, 2.45) is 0 Å². The molecule has 0 N–H and O–H groups in total. The van der Waals surface area contributed by atoms with E-state index in [4.69, 9.17) is 4.52 Å². The van der Waals surface area contributed by atoms with E-state index in [1.165, 1.54) is 0 Å². The van der Waals surface area contributed by atoms with Gasteiger partial charge in [-0.3, -0.25) is 0 Å². The summed E-state index contributed by atoms with van der Waals surface area (Å²) in [7, 11) is 0. The van der Waals surface area contributed by atoms with Crippen molar-refractivity contribution in [2.45, 2.75) is 28.2 Å². The van der Waals surface area contributed by atoms with Gasteiger partial charge in [0.1, 0.15) is 5.76 Å². The monoisotopic (exact) mass is 127 g/mol. The van der Waals surface area contributed by atoms with Crippen molar-refractivity contribution < 1.29 is 4.52 Å². The third kappa shape index (κ3) is 1.31. The maximum absolute atomic E-state index is 4.84. The van der Waals surface area contributed by atoms with Crippen molar-refractivity contribution in [3.05, 3.63) is 17.0 Å². The molecule has 0 amide bonds. The van der Waals surface area contributed by atoms with Crippen LogP contribution in [0.4, 0.5) is 0 Å². The van der Waals surface area contributed by atoms with Gasteiger partial charge in [-0.1, -0.05) is 12.6 Å². The minimum absolute atomic E-state index is 0. The van der Waals surface area contributed by atoms with Crippen LogP contribution in [-0.2, 0) is 0 Å². The molecule has 0 saturated heterocycles. The highest BCUT2D eigenvalue weighted by Gasteiger charge is 1.99. The quantitative estimate of drug-likeness (QED) is 0.534. The predicted molar refractivity (Wildman–Crippen MR) is 37.4 cm³/mol. The van der Waals surface area contributed by atoms with E-state index in [9.17, 15) is 0 Å². The highest BCUT2D eigenvalue weighted by Crippen LogP contribution is 2.08. The molecular formula is C7H13NO. The summed E-state index contributed by atoms with van der Waals surface area (Å²) in [4.78, 5) is 0. The summed E-state index contributed by atoms with van der Waals surface area (Å²) in [6.07, 6.45) is 0. The Morgan fingerprint density at radius 1 is 1.22 bits per heavy atom. The molecule has 1 aromatic heterocycles. The van der Waals surface area contributed by atoms with Crippen LogP contribution in [-0.4, -0.2) is 5.16 Å². The fourth-order valence-electron chi connectivity index (χ4n) is 0.529. The van der Waals surface area contributed by atoms with Gasteiger partial charge in [0.2, 0.25) is 0 Å². The van der Waals surface area contributed by atoms with Crippen LogP contribution >= 0.6 is 0 Å².